The van der Waals surface area contributed by atoms with Crippen LogP contribution in [0.1, 0.15) is 48.9 Å². The van der Waals surface area contributed by atoms with Crippen LogP contribution in [0.25, 0.3) is 0 Å². The molecule has 4 heteroatoms. The lowest BCUT2D eigenvalue weighted by atomic mass is 10.1. The van der Waals surface area contributed by atoms with Crippen LogP contribution < -0.4 is 0 Å². The first kappa shape index (κ1) is 15.3. The Bertz CT molecular complexity index is 455. The molecule has 104 valence electrons. The maximum absolute atomic E-state index is 12.6. The summed E-state index contributed by atoms with van der Waals surface area (Å²) in [6.45, 7) is 0. The third-order valence-corrected chi connectivity index (χ3v) is 5.29. The molecule has 0 unspecified atom stereocenters. The van der Waals surface area contributed by atoms with E-state index in [2.05, 4.69) is 38.5 Å². The molecule has 0 radical (unpaired) electrons. The minimum Gasteiger partial charge on any atom is -0.339 e. The Balaban J connectivity index is 2.15. The van der Waals surface area contributed by atoms with Gasteiger partial charge in [-0.05, 0) is 53.6 Å². The molecule has 19 heavy (non-hydrogen) atoms. The average molecular weight is 436 g/mol. The number of nitrogens with zero attached hydrogens (tertiary/aromatic N) is 1. The number of amides is 1. The standard InChI is InChI=1S/C15H19BrINO/c1-18(12-6-4-2-3-5-7-12)15(19)13-10-11(16)8-9-14(13)17/h8-10,12H,2-7H2,1H3. The Morgan fingerprint density at radius 1 is 1.26 bits per heavy atom. The lowest BCUT2D eigenvalue weighted by Gasteiger charge is -2.27. The number of hydrogen-bond donors (Lipinski definition) is 0. The van der Waals surface area contributed by atoms with Crippen LogP contribution >= 0.6 is 38.5 Å². The fourth-order valence-electron chi connectivity index (χ4n) is 2.66. The van der Waals surface area contributed by atoms with Crippen molar-refractivity contribution in [2.24, 2.45) is 0 Å². The van der Waals surface area contributed by atoms with Gasteiger partial charge in [0.25, 0.3) is 5.91 Å². The zero-order chi connectivity index (χ0) is 13.8. The van der Waals surface area contributed by atoms with Crippen molar-refractivity contribution in [3.05, 3.63) is 31.8 Å². The number of halogens is 2. The topological polar surface area (TPSA) is 20.3 Å². The number of benzene rings is 1. The highest BCUT2D eigenvalue weighted by atomic mass is 127. The molecular weight excluding hydrogens is 417 g/mol. The Labute approximate surface area is 137 Å². The second-order valence-corrected chi connectivity index (χ2v) is 7.26. The first-order chi connectivity index (χ1) is 9.09. The molecule has 2 rings (SSSR count). The number of rotatable bonds is 2. The lowest BCUT2D eigenvalue weighted by Crippen LogP contribution is -2.37. The van der Waals surface area contributed by atoms with Gasteiger partial charge in [0, 0.05) is 21.1 Å². The molecule has 1 saturated carbocycles. The Kier molecular flexibility index (Phi) is 5.69. The van der Waals surface area contributed by atoms with Crippen molar-refractivity contribution in [1.82, 2.24) is 4.90 Å². The van der Waals surface area contributed by atoms with Gasteiger partial charge < -0.3 is 4.90 Å². The zero-order valence-electron chi connectivity index (χ0n) is 11.2. The normalized spacial score (nSPS) is 17.0. The van der Waals surface area contributed by atoms with E-state index in [9.17, 15) is 4.79 Å². The zero-order valence-corrected chi connectivity index (χ0v) is 14.9. The predicted molar refractivity (Wildman–Crippen MR) is 90.4 cm³/mol. The predicted octanol–water partition coefficient (Wildman–Crippen LogP) is 4.85. The number of carbonyl (C=O) groups excluding carboxylic acids is 1. The van der Waals surface area contributed by atoms with Gasteiger partial charge in [0.05, 0.1) is 5.56 Å². The van der Waals surface area contributed by atoms with E-state index in [4.69, 9.17) is 0 Å². The molecule has 1 aromatic carbocycles. The summed E-state index contributed by atoms with van der Waals surface area (Å²) < 4.78 is 1.98. The molecule has 0 bridgehead atoms. The lowest BCUT2D eigenvalue weighted by molar-refractivity contribution is 0.0716. The maximum Gasteiger partial charge on any atom is 0.254 e. The molecule has 0 N–H and O–H groups in total. The van der Waals surface area contributed by atoms with Crippen LogP contribution in [0.2, 0.25) is 0 Å². The molecule has 0 saturated heterocycles. The van der Waals surface area contributed by atoms with Crippen molar-refractivity contribution in [3.63, 3.8) is 0 Å². The quantitative estimate of drug-likeness (QED) is 0.480. The van der Waals surface area contributed by atoms with Gasteiger partial charge in [-0.3, -0.25) is 4.79 Å². The van der Waals surface area contributed by atoms with E-state index in [1.807, 2.05) is 30.1 Å². The molecule has 0 atom stereocenters. The van der Waals surface area contributed by atoms with E-state index >= 15 is 0 Å². The van der Waals surface area contributed by atoms with Gasteiger partial charge in [-0.15, -0.1) is 0 Å². The van der Waals surface area contributed by atoms with E-state index in [0.29, 0.717) is 6.04 Å². The van der Waals surface area contributed by atoms with Gasteiger partial charge in [-0.2, -0.15) is 0 Å². The van der Waals surface area contributed by atoms with Crippen molar-refractivity contribution in [2.75, 3.05) is 7.05 Å². The molecule has 1 amide bonds. The van der Waals surface area contributed by atoms with Crippen LogP contribution in [0.15, 0.2) is 22.7 Å². The summed E-state index contributed by atoms with van der Waals surface area (Å²) >= 11 is 5.68. The SMILES string of the molecule is CN(C(=O)c1cc(Br)ccc1I)C1CCCCCC1. The minimum absolute atomic E-state index is 0.151. The van der Waals surface area contributed by atoms with Crippen molar-refractivity contribution in [2.45, 2.75) is 44.6 Å². The van der Waals surface area contributed by atoms with Crippen molar-refractivity contribution in [3.8, 4) is 0 Å². The summed E-state index contributed by atoms with van der Waals surface area (Å²) in [5, 5.41) is 0. The first-order valence-corrected chi connectivity index (χ1v) is 8.69. The van der Waals surface area contributed by atoms with Gasteiger partial charge in [0.2, 0.25) is 0 Å². The summed E-state index contributed by atoms with van der Waals surface area (Å²) in [6.07, 6.45) is 7.41. The fraction of sp³-hybridized carbons (Fsp3) is 0.533. The second-order valence-electron chi connectivity index (χ2n) is 5.19. The molecule has 1 aromatic rings. The van der Waals surface area contributed by atoms with Crippen molar-refractivity contribution >= 4 is 44.4 Å². The second kappa shape index (κ2) is 7.07. The molecule has 1 fully saturated rings. The highest BCUT2D eigenvalue weighted by Crippen LogP contribution is 2.25. The van der Waals surface area contributed by atoms with Gasteiger partial charge in [0.15, 0.2) is 0 Å². The minimum atomic E-state index is 0.151. The van der Waals surface area contributed by atoms with Crippen LogP contribution in [0, 0.1) is 3.57 Å². The van der Waals surface area contributed by atoms with E-state index < -0.39 is 0 Å². The molecule has 0 spiro atoms. The summed E-state index contributed by atoms with van der Waals surface area (Å²) in [6, 6.07) is 6.30. The summed E-state index contributed by atoms with van der Waals surface area (Å²) in [4.78, 5) is 14.6. The van der Waals surface area contributed by atoms with Crippen LogP contribution in [0.4, 0.5) is 0 Å². The summed E-state index contributed by atoms with van der Waals surface area (Å²) in [5.41, 5.74) is 0.807. The van der Waals surface area contributed by atoms with E-state index in [0.717, 1.165) is 26.4 Å². The van der Waals surface area contributed by atoms with Crippen molar-refractivity contribution < 1.29 is 4.79 Å². The molecule has 0 aromatic heterocycles. The molecule has 0 heterocycles. The summed E-state index contributed by atoms with van der Waals surface area (Å²) in [5.74, 6) is 0.151. The smallest absolute Gasteiger partial charge is 0.254 e. The van der Waals surface area contributed by atoms with Crippen LogP contribution in [0.5, 0.6) is 0 Å². The Morgan fingerprint density at radius 3 is 2.53 bits per heavy atom. The largest absolute Gasteiger partial charge is 0.339 e. The van der Waals surface area contributed by atoms with Crippen LogP contribution in [-0.2, 0) is 0 Å². The van der Waals surface area contributed by atoms with Crippen LogP contribution in [-0.4, -0.2) is 23.9 Å². The van der Waals surface area contributed by atoms with E-state index in [-0.39, 0.29) is 5.91 Å². The van der Waals surface area contributed by atoms with Gasteiger partial charge in [-0.1, -0.05) is 41.6 Å². The highest BCUT2D eigenvalue weighted by molar-refractivity contribution is 14.1. The number of hydrogen-bond acceptors (Lipinski definition) is 1. The van der Waals surface area contributed by atoms with Gasteiger partial charge in [0.1, 0.15) is 0 Å². The molecule has 1 aliphatic rings. The maximum atomic E-state index is 12.6. The van der Waals surface area contributed by atoms with Gasteiger partial charge >= 0.3 is 0 Å². The molecular formula is C15H19BrINO. The third kappa shape index (κ3) is 3.94. The molecule has 0 aliphatic heterocycles. The highest BCUT2D eigenvalue weighted by Gasteiger charge is 2.23. The number of carbonyl (C=O) groups is 1. The van der Waals surface area contributed by atoms with Gasteiger partial charge in [-0.25, -0.2) is 0 Å². The Hall–Kier alpha value is -0.100. The monoisotopic (exact) mass is 435 g/mol. The Morgan fingerprint density at radius 2 is 1.89 bits per heavy atom. The third-order valence-electron chi connectivity index (χ3n) is 3.85. The molecule has 2 nitrogen and oxygen atoms in total. The molecule has 1 aliphatic carbocycles. The summed E-state index contributed by atoms with van der Waals surface area (Å²) in [7, 11) is 1.95. The van der Waals surface area contributed by atoms with Crippen LogP contribution in [0.3, 0.4) is 0 Å². The van der Waals surface area contributed by atoms with Crippen molar-refractivity contribution in [1.29, 1.82) is 0 Å². The average Bonchev–Trinajstić information content (AvgIpc) is 2.69. The van der Waals surface area contributed by atoms with E-state index in [1.165, 1.54) is 25.7 Å². The first-order valence-electron chi connectivity index (χ1n) is 6.82. The van der Waals surface area contributed by atoms with E-state index in [1.54, 1.807) is 0 Å². The fourth-order valence-corrected chi connectivity index (χ4v) is 3.59.